The van der Waals surface area contributed by atoms with E-state index in [0.29, 0.717) is 30.7 Å². The predicted octanol–water partition coefficient (Wildman–Crippen LogP) is 2.28. The van der Waals surface area contributed by atoms with Crippen LogP contribution in [0.2, 0.25) is 0 Å². The number of likely N-dealkylation sites (tertiary alicyclic amines) is 1. The van der Waals surface area contributed by atoms with Gasteiger partial charge in [0.2, 0.25) is 11.9 Å². The molecular formula is C19H24N6O. The lowest BCUT2D eigenvalue weighted by atomic mass is 9.93. The molecule has 0 spiro atoms. The van der Waals surface area contributed by atoms with Gasteiger partial charge in [-0.1, -0.05) is 30.3 Å². The monoisotopic (exact) mass is 352 g/mol. The van der Waals surface area contributed by atoms with Crippen LogP contribution in [0.5, 0.6) is 0 Å². The Balaban J connectivity index is 1.52. The molecule has 3 heterocycles. The average Bonchev–Trinajstić information content (AvgIpc) is 2.93. The Labute approximate surface area is 153 Å². The molecule has 2 aliphatic rings. The van der Waals surface area contributed by atoms with Crippen molar-refractivity contribution in [2.24, 2.45) is 10.9 Å². The number of anilines is 1. The highest BCUT2D eigenvalue weighted by molar-refractivity contribution is 6.42. The van der Waals surface area contributed by atoms with Crippen LogP contribution in [0.4, 0.5) is 11.9 Å². The standard InChI is InChI=1S/C19H24N6O/c1-19(2,3)22-17-21-18-20-16-14(11-25(18)23-17)10-24(12-15(16)26)9-13-7-5-4-6-8-13/h4-8,14H,9-12H2,1-3H3,(H,22,23). The van der Waals surface area contributed by atoms with Gasteiger partial charge in [0.25, 0.3) is 0 Å². The molecule has 0 bridgehead atoms. The van der Waals surface area contributed by atoms with Crippen LogP contribution in [0, 0.1) is 5.92 Å². The number of hydrogen-bond donors (Lipinski definition) is 1. The van der Waals surface area contributed by atoms with Gasteiger partial charge in [0.1, 0.15) is 0 Å². The van der Waals surface area contributed by atoms with Crippen molar-refractivity contribution in [1.82, 2.24) is 19.7 Å². The molecule has 1 atom stereocenters. The van der Waals surface area contributed by atoms with Crippen molar-refractivity contribution in [3.63, 3.8) is 0 Å². The molecule has 7 nitrogen and oxygen atoms in total. The first-order valence-corrected chi connectivity index (χ1v) is 8.98. The van der Waals surface area contributed by atoms with E-state index in [1.165, 1.54) is 5.56 Å². The Morgan fingerprint density at radius 1 is 1.19 bits per heavy atom. The first kappa shape index (κ1) is 16.9. The Morgan fingerprint density at radius 3 is 2.69 bits per heavy atom. The lowest BCUT2D eigenvalue weighted by Gasteiger charge is -2.34. The molecule has 7 heteroatoms. The summed E-state index contributed by atoms with van der Waals surface area (Å²) in [6.07, 6.45) is 0. The van der Waals surface area contributed by atoms with E-state index < -0.39 is 0 Å². The molecule has 0 saturated carbocycles. The largest absolute Gasteiger partial charge is 0.348 e. The molecule has 136 valence electrons. The molecule has 0 aliphatic carbocycles. The summed E-state index contributed by atoms with van der Waals surface area (Å²) in [5.74, 6) is 1.24. The number of aromatic nitrogens is 3. The van der Waals surface area contributed by atoms with Gasteiger partial charge in [-0.2, -0.15) is 4.98 Å². The van der Waals surface area contributed by atoms with Gasteiger partial charge < -0.3 is 5.32 Å². The fourth-order valence-corrected chi connectivity index (χ4v) is 3.48. The Morgan fingerprint density at radius 2 is 1.96 bits per heavy atom. The number of nitrogens with one attached hydrogen (secondary N) is 1. The van der Waals surface area contributed by atoms with E-state index in [4.69, 9.17) is 0 Å². The van der Waals surface area contributed by atoms with E-state index in [1.807, 2.05) is 22.9 Å². The Bertz CT molecular complexity index is 849. The Hall–Kier alpha value is -2.54. The lowest BCUT2D eigenvalue weighted by Crippen LogP contribution is -2.49. The molecule has 1 unspecified atom stereocenters. The maximum Gasteiger partial charge on any atom is 0.250 e. The van der Waals surface area contributed by atoms with Crippen LogP contribution in [0.1, 0.15) is 26.3 Å². The SMILES string of the molecule is CC(C)(C)Nc1nc2n(n1)CC1CN(Cc3ccccc3)CC(=O)C1=N2. The molecule has 2 aliphatic heterocycles. The van der Waals surface area contributed by atoms with Gasteiger partial charge >= 0.3 is 0 Å². The minimum atomic E-state index is -0.125. The predicted molar refractivity (Wildman–Crippen MR) is 101 cm³/mol. The third-order valence-corrected chi connectivity index (χ3v) is 4.52. The minimum Gasteiger partial charge on any atom is -0.348 e. The molecule has 0 radical (unpaired) electrons. The summed E-state index contributed by atoms with van der Waals surface area (Å²) >= 11 is 0. The number of piperidine rings is 1. The fraction of sp³-hybridized carbons (Fsp3) is 0.474. The highest BCUT2D eigenvalue weighted by Gasteiger charge is 2.36. The number of carbonyl (C=O) groups is 1. The third-order valence-electron chi connectivity index (χ3n) is 4.52. The van der Waals surface area contributed by atoms with Gasteiger partial charge in [0.05, 0.1) is 18.8 Å². The van der Waals surface area contributed by atoms with Crippen molar-refractivity contribution in [2.45, 2.75) is 39.4 Å². The molecular weight excluding hydrogens is 328 g/mol. The summed E-state index contributed by atoms with van der Waals surface area (Å²) in [4.78, 5) is 23.8. The summed E-state index contributed by atoms with van der Waals surface area (Å²) in [5, 5.41) is 7.78. The molecule has 0 amide bonds. The number of Topliss-reactive ketones (excluding diaryl/α,β-unsaturated/α-hetero) is 1. The third kappa shape index (κ3) is 3.53. The van der Waals surface area contributed by atoms with Crippen LogP contribution in [-0.4, -0.2) is 49.8 Å². The molecule has 1 aromatic heterocycles. The summed E-state index contributed by atoms with van der Waals surface area (Å²) in [7, 11) is 0. The van der Waals surface area contributed by atoms with E-state index in [9.17, 15) is 4.79 Å². The highest BCUT2D eigenvalue weighted by atomic mass is 16.1. The molecule has 2 aromatic rings. The van der Waals surface area contributed by atoms with Gasteiger partial charge in [-0.05, 0) is 26.3 Å². The number of carbonyl (C=O) groups excluding carboxylic acids is 1. The molecule has 1 saturated heterocycles. The highest BCUT2D eigenvalue weighted by Crippen LogP contribution is 2.27. The molecule has 1 fully saturated rings. The maximum absolute atomic E-state index is 12.6. The average molecular weight is 352 g/mol. The second kappa shape index (κ2) is 6.32. The van der Waals surface area contributed by atoms with Crippen LogP contribution in [0.15, 0.2) is 35.3 Å². The van der Waals surface area contributed by atoms with Crippen molar-refractivity contribution in [2.75, 3.05) is 18.4 Å². The zero-order valence-electron chi connectivity index (χ0n) is 15.4. The van der Waals surface area contributed by atoms with Crippen molar-refractivity contribution in [3.8, 4) is 0 Å². The van der Waals surface area contributed by atoms with E-state index in [0.717, 1.165) is 13.1 Å². The number of benzene rings is 1. The van der Waals surface area contributed by atoms with Gasteiger partial charge in [0, 0.05) is 24.5 Å². The van der Waals surface area contributed by atoms with Crippen molar-refractivity contribution >= 4 is 23.4 Å². The topological polar surface area (TPSA) is 75.4 Å². The Kier molecular flexibility index (Phi) is 4.11. The zero-order valence-corrected chi connectivity index (χ0v) is 15.4. The van der Waals surface area contributed by atoms with Gasteiger partial charge in [-0.25, -0.2) is 9.67 Å². The van der Waals surface area contributed by atoms with Crippen molar-refractivity contribution in [3.05, 3.63) is 35.9 Å². The molecule has 1 N–H and O–H groups in total. The number of fused-ring (bicyclic) bond motifs is 2. The van der Waals surface area contributed by atoms with E-state index >= 15 is 0 Å². The maximum atomic E-state index is 12.6. The number of aliphatic imine (C=N–C) groups is 1. The normalized spacial score (nSPS) is 20.3. The molecule has 4 rings (SSSR count). The quantitative estimate of drug-likeness (QED) is 0.917. The fourth-order valence-electron chi connectivity index (χ4n) is 3.48. The van der Waals surface area contributed by atoms with Crippen LogP contribution < -0.4 is 5.32 Å². The molecule has 1 aromatic carbocycles. The summed E-state index contributed by atoms with van der Waals surface area (Å²) in [6.45, 7) is 8.81. The minimum absolute atomic E-state index is 0.0663. The number of nitrogens with zero attached hydrogens (tertiary/aromatic N) is 5. The van der Waals surface area contributed by atoms with Gasteiger partial charge in [-0.3, -0.25) is 9.69 Å². The zero-order chi connectivity index (χ0) is 18.3. The summed E-state index contributed by atoms with van der Waals surface area (Å²) in [5.41, 5.74) is 1.74. The second-order valence-electron chi connectivity index (χ2n) is 8.06. The second-order valence-corrected chi connectivity index (χ2v) is 8.06. The van der Waals surface area contributed by atoms with Crippen molar-refractivity contribution in [1.29, 1.82) is 0 Å². The van der Waals surface area contributed by atoms with Crippen LogP contribution >= 0.6 is 0 Å². The van der Waals surface area contributed by atoms with Crippen LogP contribution in [0.25, 0.3) is 0 Å². The van der Waals surface area contributed by atoms with E-state index in [2.05, 4.69) is 58.2 Å². The van der Waals surface area contributed by atoms with Gasteiger partial charge in [-0.15, -0.1) is 5.10 Å². The van der Waals surface area contributed by atoms with Crippen LogP contribution in [-0.2, 0) is 17.9 Å². The number of rotatable bonds is 3. The lowest BCUT2D eigenvalue weighted by molar-refractivity contribution is -0.115. The molecule has 26 heavy (non-hydrogen) atoms. The summed E-state index contributed by atoms with van der Waals surface area (Å²) < 4.78 is 1.81. The first-order valence-electron chi connectivity index (χ1n) is 8.98. The van der Waals surface area contributed by atoms with E-state index in [1.54, 1.807) is 0 Å². The van der Waals surface area contributed by atoms with Crippen LogP contribution in [0.3, 0.4) is 0 Å². The van der Waals surface area contributed by atoms with E-state index in [-0.39, 0.29) is 17.2 Å². The number of hydrogen-bond acceptors (Lipinski definition) is 6. The summed E-state index contributed by atoms with van der Waals surface area (Å²) in [6, 6.07) is 10.2. The number of ketones is 1. The first-order chi connectivity index (χ1) is 12.4. The van der Waals surface area contributed by atoms with Gasteiger partial charge in [0.15, 0.2) is 5.78 Å². The van der Waals surface area contributed by atoms with Crippen molar-refractivity contribution < 1.29 is 4.79 Å². The smallest absolute Gasteiger partial charge is 0.250 e.